The van der Waals surface area contributed by atoms with Crippen LogP contribution in [0.4, 0.5) is 0 Å². The molecule has 0 aliphatic rings. The van der Waals surface area contributed by atoms with Crippen molar-refractivity contribution in [1.29, 1.82) is 0 Å². The van der Waals surface area contributed by atoms with Crippen molar-refractivity contribution in [3.05, 3.63) is 83.4 Å². The van der Waals surface area contributed by atoms with E-state index >= 15 is 0 Å². The van der Waals surface area contributed by atoms with Crippen LogP contribution in [-0.2, 0) is 0 Å². The van der Waals surface area contributed by atoms with Gasteiger partial charge in [0.1, 0.15) is 0 Å². The van der Waals surface area contributed by atoms with Crippen LogP contribution in [-0.4, -0.2) is 0 Å². The molecule has 0 unspecified atom stereocenters. The van der Waals surface area contributed by atoms with Crippen LogP contribution in [0.1, 0.15) is 16.7 Å². The molecule has 19 heavy (non-hydrogen) atoms. The normalized spacial score (nSPS) is 9.95. The Morgan fingerprint density at radius 2 is 1.42 bits per heavy atom. The predicted molar refractivity (Wildman–Crippen MR) is 81.1 cm³/mol. The van der Waals surface area contributed by atoms with Crippen molar-refractivity contribution in [3.63, 3.8) is 0 Å². The van der Waals surface area contributed by atoms with Crippen LogP contribution in [0.5, 0.6) is 0 Å². The van der Waals surface area contributed by atoms with Crippen molar-refractivity contribution in [2.45, 2.75) is 6.92 Å². The zero-order chi connectivity index (χ0) is 13.1. The summed E-state index contributed by atoms with van der Waals surface area (Å²) in [7, 11) is 0. The molecule has 0 heterocycles. The molecule has 0 heteroatoms. The van der Waals surface area contributed by atoms with Crippen molar-refractivity contribution in [2.75, 3.05) is 0 Å². The fourth-order valence-corrected chi connectivity index (χ4v) is 2.11. The Bertz CT molecular complexity index is 763. The van der Waals surface area contributed by atoms with E-state index < -0.39 is 0 Å². The summed E-state index contributed by atoms with van der Waals surface area (Å²) in [5, 5.41) is 2.45. The van der Waals surface area contributed by atoms with E-state index in [0.29, 0.717) is 0 Å². The van der Waals surface area contributed by atoms with Crippen molar-refractivity contribution < 1.29 is 0 Å². The van der Waals surface area contributed by atoms with Gasteiger partial charge >= 0.3 is 0 Å². The molecule has 0 nitrogen and oxygen atoms in total. The first-order valence-corrected chi connectivity index (χ1v) is 6.39. The predicted octanol–water partition coefficient (Wildman–Crippen LogP) is 4.55. The highest BCUT2D eigenvalue weighted by molar-refractivity contribution is 5.88. The van der Waals surface area contributed by atoms with Crippen molar-refractivity contribution >= 4 is 10.8 Å². The second-order valence-electron chi connectivity index (χ2n) is 4.64. The zero-order valence-corrected chi connectivity index (χ0v) is 10.9. The third-order valence-corrected chi connectivity index (χ3v) is 3.18. The Hall–Kier alpha value is -2.52. The Morgan fingerprint density at radius 3 is 2.26 bits per heavy atom. The number of aryl methyl sites for hydroxylation is 1. The lowest BCUT2D eigenvalue weighted by Gasteiger charge is -1.99. The summed E-state index contributed by atoms with van der Waals surface area (Å²) in [6, 6.07) is 22.9. The average Bonchev–Trinajstić information content (AvgIpc) is 2.47. The lowest BCUT2D eigenvalue weighted by atomic mass is 10.0. The molecule has 3 aromatic rings. The van der Waals surface area contributed by atoms with Crippen LogP contribution >= 0.6 is 0 Å². The van der Waals surface area contributed by atoms with Gasteiger partial charge in [-0.05, 0) is 35.9 Å². The SMILES string of the molecule is Cc1ccc(C#Cc2cccc3ccccc23)cc1. The summed E-state index contributed by atoms with van der Waals surface area (Å²) in [4.78, 5) is 0. The van der Waals surface area contributed by atoms with Crippen molar-refractivity contribution in [2.24, 2.45) is 0 Å². The van der Waals surface area contributed by atoms with Gasteiger partial charge in [-0.15, -0.1) is 0 Å². The molecule has 0 atom stereocenters. The standard InChI is InChI=1S/C19H14/c1-15-9-11-16(12-10-15)13-14-18-7-4-6-17-5-2-3-8-19(17)18/h2-12H,1H3. The van der Waals surface area contributed by atoms with E-state index in [1.54, 1.807) is 0 Å². The van der Waals surface area contributed by atoms with Gasteiger partial charge < -0.3 is 0 Å². The molecular formula is C19H14. The maximum Gasteiger partial charge on any atom is 0.0327 e. The van der Waals surface area contributed by atoms with Crippen LogP contribution in [0.25, 0.3) is 10.8 Å². The molecule has 0 aliphatic heterocycles. The summed E-state index contributed by atoms with van der Waals surface area (Å²) in [6.07, 6.45) is 0. The van der Waals surface area contributed by atoms with E-state index in [1.807, 2.05) is 0 Å². The Kier molecular flexibility index (Phi) is 3.04. The fourth-order valence-electron chi connectivity index (χ4n) is 2.11. The van der Waals surface area contributed by atoms with Gasteiger partial charge in [-0.2, -0.15) is 0 Å². The first kappa shape index (κ1) is 11.6. The average molecular weight is 242 g/mol. The van der Waals surface area contributed by atoms with Gasteiger partial charge in [0, 0.05) is 11.1 Å². The van der Waals surface area contributed by atoms with Crippen LogP contribution in [0, 0.1) is 18.8 Å². The van der Waals surface area contributed by atoms with Crippen LogP contribution < -0.4 is 0 Å². The van der Waals surface area contributed by atoms with Gasteiger partial charge in [-0.25, -0.2) is 0 Å². The summed E-state index contributed by atoms with van der Waals surface area (Å²) >= 11 is 0. The minimum Gasteiger partial charge on any atom is -0.0616 e. The number of rotatable bonds is 0. The number of fused-ring (bicyclic) bond motifs is 1. The highest BCUT2D eigenvalue weighted by Crippen LogP contribution is 2.17. The van der Waals surface area contributed by atoms with E-state index in [1.165, 1.54) is 16.3 Å². The van der Waals surface area contributed by atoms with Gasteiger partial charge in [-0.3, -0.25) is 0 Å². The smallest absolute Gasteiger partial charge is 0.0327 e. The van der Waals surface area contributed by atoms with E-state index in [2.05, 4.69) is 85.5 Å². The minimum absolute atomic E-state index is 1.05. The highest BCUT2D eigenvalue weighted by atomic mass is 14.0. The molecule has 0 N–H and O–H groups in total. The second-order valence-corrected chi connectivity index (χ2v) is 4.64. The Labute approximate surface area is 113 Å². The maximum absolute atomic E-state index is 3.27. The van der Waals surface area contributed by atoms with E-state index in [4.69, 9.17) is 0 Å². The van der Waals surface area contributed by atoms with E-state index in [9.17, 15) is 0 Å². The monoisotopic (exact) mass is 242 g/mol. The van der Waals surface area contributed by atoms with Crippen LogP contribution in [0.2, 0.25) is 0 Å². The molecule has 0 aromatic heterocycles. The molecular weight excluding hydrogens is 228 g/mol. The molecule has 0 saturated carbocycles. The van der Waals surface area contributed by atoms with E-state index in [-0.39, 0.29) is 0 Å². The van der Waals surface area contributed by atoms with Gasteiger partial charge in [0.05, 0.1) is 0 Å². The fraction of sp³-hybridized carbons (Fsp3) is 0.0526. The molecule has 90 valence electrons. The maximum atomic E-state index is 3.27. The lowest BCUT2D eigenvalue weighted by molar-refractivity contribution is 1.46. The summed E-state index contributed by atoms with van der Waals surface area (Å²) in [5.74, 6) is 6.50. The van der Waals surface area contributed by atoms with Gasteiger partial charge in [0.15, 0.2) is 0 Å². The molecule has 3 rings (SSSR count). The summed E-state index contributed by atoms with van der Waals surface area (Å²) in [5.41, 5.74) is 3.40. The summed E-state index contributed by atoms with van der Waals surface area (Å²) < 4.78 is 0. The Morgan fingerprint density at radius 1 is 0.684 bits per heavy atom. The summed E-state index contributed by atoms with van der Waals surface area (Å²) in [6.45, 7) is 2.09. The number of hydrogen-bond donors (Lipinski definition) is 0. The third-order valence-electron chi connectivity index (χ3n) is 3.18. The van der Waals surface area contributed by atoms with Crippen molar-refractivity contribution in [1.82, 2.24) is 0 Å². The van der Waals surface area contributed by atoms with E-state index in [0.717, 1.165) is 11.1 Å². The number of hydrogen-bond acceptors (Lipinski definition) is 0. The van der Waals surface area contributed by atoms with Crippen LogP contribution in [0.3, 0.4) is 0 Å². The van der Waals surface area contributed by atoms with Gasteiger partial charge in [0.2, 0.25) is 0 Å². The Balaban J connectivity index is 2.05. The van der Waals surface area contributed by atoms with Gasteiger partial charge in [-0.1, -0.05) is 65.9 Å². The number of benzene rings is 3. The molecule has 0 fully saturated rings. The molecule has 0 radical (unpaired) electrons. The highest BCUT2D eigenvalue weighted by Gasteiger charge is 1.96. The van der Waals surface area contributed by atoms with Crippen molar-refractivity contribution in [3.8, 4) is 11.8 Å². The first-order valence-electron chi connectivity index (χ1n) is 6.39. The molecule has 0 saturated heterocycles. The largest absolute Gasteiger partial charge is 0.0616 e. The zero-order valence-electron chi connectivity index (χ0n) is 10.9. The van der Waals surface area contributed by atoms with Gasteiger partial charge in [0.25, 0.3) is 0 Å². The molecule has 3 aromatic carbocycles. The molecule has 0 aliphatic carbocycles. The lowest BCUT2D eigenvalue weighted by Crippen LogP contribution is -1.80. The quantitative estimate of drug-likeness (QED) is 0.507. The topological polar surface area (TPSA) is 0 Å². The third kappa shape index (κ3) is 2.51. The minimum atomic E-state index is 1.05. The molecule has 0 amide bonds. The van der Waals surface area contributed by atoms with Crippen LogP contribution in [0.15, 0.2) is 66.7 Å². The second kappa shape index (κ2) is 5.00. The first-order chi connectivity index (χ1) is 9.33. The molecule has 0 bridgehead atoms. The molecule has 0 spiro atoms.